The number of aromatic nitrogens is 2. The van der Waals surface area contributed by atoms with Gasteiger partial charge in [0.1, 0.15) is 16.4 Å². The molecule has 1 aromatic carbocycles. The molecule has 0 saturated heterocycles. The first kappa shape index (κ1) is 21.1. The smallest absolute Gasteiger partial charge is 0.341 e. The summed E-state index contributed by atoms with van der Waals surface area (Å²) in [6, 6.07) is 8.81. The molecular formula is C20H20N4O5S. The molecule has 0 aliphatic rings. The third-order valence-corrected chi connectivity index (χ3v) is 5.49. The number of nitrogens with two attached hydrogens (primary N) is 1. The second-order valence-corrected chi connectivity index (χ2v) is 7.22. The van der Waals surface area contributed by atoms with Crippen LogP contribution in [-0.2, 0) is 4.74 Å². The number of rotatable bonds is 7. The Morgan fingerprint density at radius 2 is 2.03 bits per heavy atom. The van der Waals surface area contributed by atoms with Crippen LogP contribution in [0.2, 0.25) is 0 Å². The van der Waals surface area contributed by atoms with Crippen molar-refractivity contribution in [2.45, 2.75) is 13.8 Å². The summed E-state index contributed by atoms with van der Waals surface area (Å²) >= 11 is 0.921. The Hall–Kier alpha value is -3.66. The SMILES string of the molecule is CCOC(=O)c1c(NC(=O)c2cc(-c3cccc(OC)c3)n[nH]2)sc(C(N)=O)c1C. The molecule has 2 aromatic heterocycles. The van der Waals surface area contributed by atoms with Crippen LogP contribution in [0.15, 0.2) is 30.3 Å². The Labute approximate surface area is 176 Å². The molecule has 0 fully saturated rings. The fourth-order valence-corrected chi connectivity index (χ4v) is 3.87. The molecule has 30 heavy (non-hydrogen) atoms. The first-order valence-corrected chi connectivity index (χ1v) is 9.78. The molecule has 2 amide bonds. The number of esters is 1. The molecule has 4 N–H and O–H groups in total. The Kier molecular flexibility index (Phi) is 6.17. The van der Waals surface area contributed by atoms with Gasteiger partial charge in [-0.15, -0.1) is 11.3 Å². The highest BCUT2D eigenvalue weighted by Crippen LogP contribution is 2.34. The molecule has 2 heterocycles. The topological polar surface area (TPSA) is 136 Å². The van der Waals surface area contributed by atoms with Gasteiger partial charge in [-0.05, 0) is 37.6 Å². The lowest BCUT2D eigenvalue weighted by molar-refractivity contribution is 0.0527. The van der Waals surface area contributed by atoms with Crippen molar-refractivity contribution in [1.29, 1.82) is 0 Å². The fourth-order valence-electron chi connectivity index (χ4n) is 2.82. The first-order chi connectivity index (χ1) is 14.3. The fraction of sp³-hybridized carbons (Fsp3) is 0.200. The molecule has 0 aliphatic carbocycles. The zero-order valence-corrected chi connectivity index (χ0v) is 17.4. The summed E-state index contributed by atoms with van der Waals surface area (Å²) in [4.78, 5) is 36.9. The largest absolute Gasteiger partial charge is 0.497 e. The number of ether oxygens (including phenoxy) is 2. The van der Waals surface area contributed by atoms with E-state index in [-0.39, 0.29) is 27.7 Å². The second-order valence-electron chi connectivity index (χ2n) is 6.20. The number of H-pyrrole nitrogens is 1. The number of hydrogen-bond donors (Lipinski definition) is 3. The van der Waals surface area contributed by atoms with Crippen molar-refractivity contribution < 1.29 is 23.9 Å². The monoisotopic (exact) mass is 428 g/mol. The van der Waals surface area contributed by atoms with E-state index in [1.165, 1.54) is 0 Å². The molecule has 0 spiro atoms. The van der Waals surface area contributed by atoms with E-state index in [0.29, 0.717) is 17.0 Å². The molecule has 0 saturated carbocycles. The van der Waals surface area contributed by atoms with Gasteiger partial charge in [-0.1, -0.05) is 12.1 Å². The number of nitrogens with zero attached hydrogens (tertiary/aromatic N) is 1. The van der Waals surface area contributed by atoms with Gasteiger partial charge < -0.3 is 20.5 Å². The number of nitrogens with one attached hydrogen (secondary N) is 2. The van der Waals surface area contributed by atoms with Crippen molar-refractivity contribution in [2.75, 3.05) is 19.0 Å². The summed E-state index contributed by atoms with van der Waals surface area (Å²) < 4.78 is 10.2. The molecule has 0 atom stereocenters. The van der Waals surface area contributed by atoms with Crippen LogP contribution in [0.5, 0.6) is 5.75 Å². The highest BCUT2D eigenvalue weighted by atomic mass is 32.1. The third-order valence-electron chi connectivity index (χ3n) is 4.27. The van der Waals surface area contributed by atoms with Crippen molar-refractivity contribution in [1.82, 2.24) is 10.2 Å². The van der Waals surface area contributed by atoms with Gasteiger partial charge in [0.2, 0.25) is 0 Å². The average molecular weight is 428 g/mol. The maximum Gasteiger partial charge on any atom is 0.341 e. The summed E-state index contributed by atoms with van der Waals surface area (Å²) in [5, 5.41) is 9.66. The Morgan fingerprint density at radius 3 is 2.70 bits per heavy atom. The van der Waals surface area contributed by atoms with Gasteiger partial charge in [-0.2, -0.15) is 5.10 Å². The van der Waals surface area contributed by atoms with Crippen LogP contribution in [-0.4, -0.2) is 41.7 Å². The van der Waals surface area contributed by atoms with Gasteiger partial charge in [-0.3, -0.25) is 14.7 Å². The number of aromatic amines is 1. The van der Waals surface area contributed by atoms with E-state index in [9.17, 15) is 14.4 Å². The summed E-state index contributed by atoms with van der Waals surface area (Å²) in [5.41, 5.74) is 7.34. The predicted octanol–water partition coefficient (Wildman–Crippen LogP) is 2.98. The average Bonchev–Trinajstić information content (AvgIpc) is 3.33. The van der Waals surface area contributed by atoms with Crippen LogP contribution in [0.25, 0.3) is 11.3 Å². The minimum Gasteiger partial charge on any atom is -0.497 e. The number of hydrogen-bond acceptors (Lipinski definition) is 7. The molecular weight excluding hydrogens is 408 g/mol. The normalized spacial score (nSPS) is 10.5. The van der Waals surface area contributed by atoms with E-state index in [1.807, 2.05) is 12.1 Å². The Bertz CT molecular complexity index is 1120. The predicted molar refractivity (Wildman–Crippen MR) is 112 cm³/mol. The lowest BCUT2D eigenvalue weighted by Gasteiger charge is -2.06. The number of methoxy groups -OCH3 is 1. The number of carbonyl (C=O) groups excluding carboxylic acids is 3. The number of thiophene rings is 1. The first-order valence-electron chi connectivity index (χ1n) is 8.97. The van der Waals surface area contributed by atoms with E-state index >= 15 is 0 Å². The van der Waals surface area contributed by atoms with Gasteiger partial charge >= 0.3 is 5.97 Å². The standard InChI is InChI=1S/C20H20N4O5S/c1-4-29-20(27)15-10(2)16(17(21)25)30-19(15)22-18(26)14-9-13(23-24-14)11-6-5-7-12(8-11)28-3/h5-9H,4H2,1-3H3,(H2,21,25)(H,22,26)(H,23,24). The molecule has 3 aromatic rings. The van der Waals surface area contributed by atoms with Gasteiger partial charge in [0, 0.05) is 5.56 Å². The van der Waals surface area contributed by atoms with Crippen LogP contribution in [0, 0.1) is 6.92 Å². The van der Waals surface area contributed by atoms with Gasteiger partial charge in [-0.25, -0.2) is 4.79 Å². The molecule has 0 unspecified atom stereocenters. The zero-order chi connectivity index (χ0) is 21.8. The summed E-state index contributed by atoms with van der Waals surface area (Å²) in [6.07, 6.45) is 0. The van der Waals surface area contributed by atoms with Crippen molar-refractivity contribution in [3.63, 3.8) is 0 Å². The van der Waals surface area contributed by atoms with Crippen LogP contribution in [0.3, 0.4) is 0 Å². The van der Waals surface area contributed by atoms with E-state index in [4.69, 9.17) is 15.2 Å². The highest BCUT2D eigenvalue weighted by molar-refractivity contribution is 7.18. The van der Waals surface area contributed by atoms with Crippen LogP contribution in [0.1, 0.15) is 43.0 Å². The summed E-state index contributed by atoms with van der Waals surface area (Å²) in [6.45, 7) is 3.39. The number of anilines is 1. The number of amides is 2. The van der Waals surface area contributed by atoms with E-state index in [2.05, 4.69) is 15.5 Å². The minimum atomic E-state index is -0.689. The van der Waals surface area contributed by atoms with E-state index in [0.717, 1.165) is 16.9 Å². The van der Waals surface area contributed by atoms with Crippen LogP contribution >= 0.6 is 11.3 Å². The van der Waals surface area contributed by atoms with Crippen LogP contribution in [0.4, 0.5) is 5.00 Å². The maximum absolute atomic E-state index is 12.7. The molecule has 3 rings (SSSR count). The van der Waals surface area contributed by atoms with Crippen LogP contribution < -0.4 is 15.8 Å². The lowest BCUT2D eigenvalue weighted by Crippen LogP contribution is -2.15. The number of carbonyl (C=O) groups is 3. The van der Waals surface area contributed by atoms with Gasteiger partial charge in [0.15, 0.2) is 0 Å². The molecule has 9 nitrogen and oxygen atoms in total. The maximum atomic E-state index is 12.7. The second kappa shape index (κ2) is 8.78. The lowest BCUT2D eigenvalue weighted by atomic mass is 10.1. The van der Waals surface area contributed by atoms with E-state index < -0.39 is 17.8 Å². The van der Waals surface area contributed by atoms with Crippen molar-refractivity contribution >= 4 is 34.1 Å². The van der Waals surface area contributed by atoms with Gasteiger partial charge in [0.05, 0.1) is 29.9 Å². The van der Waals surface area contributed by atoms with Gasteiger partial charge in [0.25, 0.3) is 11.8 Å². The number of primary amides is 1. The summed E-state index contributed by atoms with van der Waals surface area (Å²) in [7, 11) is 1.56. The third kappa shape index (κ3) is 4.18. The quantitative estimate of drug-likeness (QED) is 0.495. The van der Waals surface area contributed by atoms with E-state index in [1.54, 1.807) is 39.2 Å². The van der Waals surface area contributed by atoms with Crippen molar-refractivity contribution in [3.05, 3.63) is 52.0 Å². The van der Waals surface area contributed by atoms with Crippen molar-refractivity contribution in [2.24, 2.45) is 5.73 Å². The van der Waals surface area contributed by atoms with Crippen molar-refractivity contribution in [3.8, 4) is 17.0 Å². The Balaban J connectivity index is 1.89. The molecule has 0 aliphatic heterocycles. The number of benzene rings is 1. The minimum absolute atomic E-state index is 0.108. The molecule has 10 heteroatoms. The summed E-state index contributed by atoms with van der Waals surface area (Å²) in [5.74, 6) is -1.20. The molecule has 0 bridgehead atoms. The Morgan fingerprint density at radius 1 is 1.27 bits per heavy atom. The highest BCUT2D eigenvalue weighted by Gasteiger charge is 2.26. The molecule has 156 valence electrons. The zero-order valence-electron chi connectivity index (χ0n) is 16.6. The molecule has 0 radical (unpaired) electrons.